The Labute approximate surface area is 133 Å². The van der Waals surface area contributed by atoms with Crippen LogP contribution in [0, 0.1) is 10.1 Å². The zero-order chi connectivity index (χ0) is 11.8. The normalized spacial score (nSPS) is 10.6. The van der Waals surface area contributed by atoms with Gasteiger partial charge in [0.25, 0.3) is 5.69 Å². The first kappa shape index (κ1) is 15.8. The SMILES string of the molecule is Nc1c([N+](=O)[O-])cc(O)cc1S(=O)(=O)[O-].[K+]. The van der Waals surface area contributed by atoms with Gasteiger partial charge in [-0.1, -0.05) is 0 Å². The van der Waals surface area contributed by atoms with E-state index in [-0.39, 0.29) is 51.4 Å². The molecule has 0 spiro atoms. The summed E-state index contributed by atoms with van der Waals surface area (Å²) >= 11 is 0. The van der Waals surface area contributed by atoms with Crippen molar-refractivity contribution in [2.75, 3.05) is 5.73 Å². The molecule has 0 aliphatic rings. The van der Waals surface area contributed by atoms with E-state index in [0.29, 0.717) is 12.1 Å². The third-order valence-corrected chi connectivity index (χ3v) is 2.45. The van der Waals surface area contributed by atoms with Gasteiger partial charge in [-0.15, -0.1) is 0 Å². The van der Waals surface area contributed by atoms with Gasteiger partial charge in [0, 0.05) is 0 Å². The molecule has 0 aromatic heterocycles. The number of anilines is 1. The largest absolute Gasteiger partial charge is 1.00 e. The molecule has 0 heterocycles. The van der Waals surface area contributed by atoms with Crippen LogP contribution < -0.4 is 57.1 Å². The van der Waals surface area contributed by atoms with E-state index in [1.54, 1.807) is 0 Å². The Balaban J connectivity index is 0.00000225. The number of aromatic hydroxyl groups is 1. The van der Waals surface area contributed by atoms with Crippen LogP contribution in [0.4, 0.5) is 11.4 Å². The Morgan fingerprint density at radius 2 is 1.88 bits per heavy atom. The molecule has 3 N–H and O–H groups in total. The van der Waals surface area contributed by atoms with E-state index in [0.717, 1.165) is 0 Å². The van der Waals surface area contributed by atoms with Crippen LogP contribution >= 0.6 is 0 Å². The molecule has 0 fully saturated rings. The second kappa shape index (κ2) is 5.40. The summed E-state index contributed by atoms with van der Waals surface area (Å²) in [4.78, 5) is 8.37. The Kier molecular flexibility index (Phi) is 5.32. The van der Waals surface area contributed by atoms with E-state index in [2.05, 4.69) is 0 Å². The maximum atomic E-state index is 10.6. The molecule has 1 aromatic rings. The number of hydrogen-bond acceptors (Lipinski definition) is 7. The van der Waals surface area contributed by atoms with Gasteiger partial charge in [0.15, 0.2) is 0 Å². The monoisotopic (exact) mass is 272 g/mol. The van der Waals surface area contributed by atoms with E-state index in [4.69, 9.17) is 10.8 Å². The first-order chi connectivity index (χ1) is 6.73. The number of benzene rings is 1. The van der Waals surface area contributed by atoms with Crippen LogP contribution in [-0.2, 0) is 10.1 Å². The molecule has 0 bridgehead atoms. The summed E-state index contributed by atoms with van der Waals surface area (Å²) < 4.78 is 31.8. The van der Waals surface area contributed by atoms with Crippen molar-refractivity contribution < 1.29 is 74.4 Å². The van der Waals surface area contributed by atoms with Crippen molar-refractivity contribution in [2.45, 2.75) is 4.90 Å². The Morgan fingerprint density at radius 1 is 1.38 bits per heavy atom. The molecule has 8 nitrogen and oxygen atoms in total. The summed E-state index contributed by atoms with van der Waals surface area (Å²) in [6, 6.07) is 1.22. The third-order valence-electron chi connectivity index (χ3n) is 1.57. The van der Waals surface area contributed by atoms with Gasteiger partial charge in [-0.2, -0.15) is 0 Å². The van der Waals surface area contributed by atoms with Crippen molar-refractivity contribution in [3.05, 3.63) is 22.2 Å². The Bertz CT molecular complexity index is 528. The number of nitro groups is 1. The summed E-state index contributed by atoms with van der Waals surface area (Å²) in [5.41, 5.74) is 3.49. The van der Waals surface area contributed by atoms with Gasteiger partial charge in [-0.3, -0.25) is 10.1 Å². The predicted octanol–water partition coefficient (Wildman–Crippen LogP) is -3.21. The van der Waals surface area contributed by atoms with Crippen molar-refractivity contribution in [2.24, 2.45) is 0 Å². The summed E-state index contributed by atoms with van der Waals surface area (Å²) in [6.07, 6.45) is 0. The van der Waals surface area contributed by atoms with Gasteiger partial charge in [0.05, 0.1) is 15.9 Å². The van der Waals surface area contributed by atoms with Crippen LogP contribution in [0.1, 0.15) is 0 Å². The number of nitro benzene ring substituents is 1. The molecule has 0 aliphatic carbocycles. The van der Waals surface area contributed by atoms with Gasteiger partial charge in [0.1, 0.15) is 21.6 Å². The second-order valence-electron chi connectivity index (χ2n) is 2.59. The Morgan fingerprint density at radius 3 is 2.25 bits per heavy atom. The van der Waals surface area contributed by atoms with Crippen LogP contribution in [0.25, 0.3) is 0 Å². The molecule has 0 radical (unpaired) electrons. The molecule has 0 amide bonds. The number of phenolic OH excluding ortho intramolecular Hbond substituents is 1. The molecule has 1 aromatic carbocycles. The maximum Gasteiger partial charge on any atom is 1.00 e. The quantitative estimate of drug-likeness (QED) is 0.144. The van der Waals surface area contributed by atoms with E-state index >= 15 is 0 Å². The molecule has 0 atom stereocenters. The molecule has 82 valence electrons. The van der Waals surface area contributed by atoms with Gasteiger partial charge in [-0.05, 0) is 6.07 Å². The van der Waals surface area contributed by atoms with E-state index in [1.165, 1.54) is 0 Å². The van der Waals surface area contributed by atoms with Crippen LogP contribution in [0.5, 0.6) is 5.75 Å². The van der Waals surface area contributed by atoms with Gasteiger partial charge >= 0.3 is 51.4 Å². The van der Waals surface area contributed by atoms with Crippen LogP contribution in [0.2, 0.25) is 0 Å². The molecule has 0 saturated heterocycles. The number of hydrogen-bond donors (Lipinski definition) is 2. The molecular weight excluding hydrogens is 267 g/mol. The minimum atomic E-state index is -4.95. The Hall–Kier alpha value is -0.234. The summed E-state index contributed by atoms with van der Waals surface area (Å²) in [5, 5.41) is 19.3. The van der Waals surface area contributed by atoms with Crippen LogP contribution in [0.15, 0.2) is 17.0 Å². The molecule has 0 saturated carbocycles. The number of rotatable bonds is 2. The fraction of sp³-hybridized carbons (Fsp3) is 0. The van der Waals surface area contributed by atoms with E-state index in [1.807, 2.05) is 0 Å². The van der Waals surface area contributed by atoms with Gasteiger partial charge < -0.3 is 15.4 Å². The first-order valence-corrected chi connectivity index (χ1v) is 4.87. The average Bonchev–Trinajstić information content (AvgIpc) is 2.06. The van der Waals surface area contributed by atoms with Gasteiger partial charge in [0.2, 0.25) is 0 Å². The summed E-state index contributed by atoms with van der Waals surface area (Å²) in [6.45, 7) is 0. The fourth-order valence-electron chi connectivity index (χ4n) is 0.956. The second-order valence-corrected chi connectivity index (χ2v) is 3.94. The topological polar surface area (TPSA) is 147 Å². The fourth-order valence-corrected chi connectivity index (χ4v) is 1.59. The molecule has 10 heteroatoms. The van der Waals surface area contributed by atoms with Crippen molar-refractivity contribution in [3.63, 3.8) is 0 Å². The zero-order valence-corrected chi connectivity index (χ0v) is 12.0. The van der Waals surface area contributed by atoms with Crippen LogP contribution in [-0.4, -0.2) is 23.0 Å². The number of phenols is 1. The zero-order valence-electron chi connectivity index (χ0n) is 8.08. The first-order valence-electron chi connectivity index (χ1n) is 3.46. The molecule has 0 unspecified atom stereocenters. The standard InChI is InChI=1S/C6H6N2O6S.K/c7-6-4(8(10)11)1-3(9)2-5(6)15(12,13)14;/h1-2,9H,7H2,(H,12,13,14);/q;+1/p-1. The molecule has 1 rings (SSSR count). The number of nitrogens with zero attached hydrogens (tertiary/aromatic N) is 1. The number of nitrogens with two attached hydrogens (primary N) is 1. The summed E-state index contributed by atoms with van der Waals surface area (Å²) in [7, 11) is -4.95. The molecule has 16 heavy (non-hydrogen) atoms. The summed E-state index contributed by atoms with van der Waals surface area (Å²) in [5.74, 6) is -0.717. The van der Waals surface area contributed by atoms with Crippen LogP contribution in [0.3, 0.4) is 0 Å². The van der Waals surface area contributed by atoms with Crippen molar-refractivity contribution in [1.29, 1.82) is 0 Å². The molecular formula is C6H5KN2O6S. The van der Waals surface area contributed by atoms with E-state index < -0.39 is 37.1 Å². The van der Waals surface area contributed by atoms with E-state index in [9.17, 15) is 23.1 Å². The average molecular weight is 272 g/mol. The third kappa shape index (κ3) is 3.38. The number of nitrogen functional groups attached to an aromatic ring is 1. The minimum absolute atomic E-state index is 0. The van der Waals surface area contributed by atoms with Crippen molar-refractivity contribution >= 4 is 21.5 Å². The molecule has 0 aliphatic heterocycles. The predicted molar refractivity (Wildman–Crippen MR) is 47.1 cm³/mol. The van der Waals surface area contributed by atoms with Gasteiger partial charge in [-0.25, -0.2) is 8.42 Å². The maximum absolute atomic E-state index is 10.6. The van der Waals surface area contributed by atoms with Crippen molar-refractivity contribution in [1.82, 2.24) is 0 Å². The minimum Gasteiger partial charge on any atom is -0.744 e. The van der Waals surface area contributed by atoms with Crippen molar-refractivity contribution in [3.8, 4) is 5.75 Å². The smallest absolute Gasteiger partial charge is 0.744 e.